The summed E-state index contributed by atoms with van der Waals surface area (Å²) in [6.07, 6.45) is 0. The molecule has 0 saturated carbocycles. The lowest BCUT2D eigenvalue weighted by Crippen LogP contribution is -2.29. The van der Waals surface area contributed by atoms with E-state index in [9.17, 15) is 14.0 Å². The molecule has 0 saturated heterocycles. The zero-order valence-electron chi connectivity index (χ0n) is 15.5. The Kier molecular flexibility index (Phi) is 4.43. The van der Waals surface area contributed by atoms with E-state index >= 15 is 0 Å². The molecule has 0 radical (unpaired) electrons. The summed E-state index contributed by atoms with van der Waals surface area (Å²) in [4.78, 5) is 35.3. The van der Waals surface area contributed by atoms with Crippen molar-refractivity contribution in [2.45, 2.75) is 27.3 Å². The fraction of sp³-hybridized carbons (Fsp3) is 0.200. The van der Waals surface area contributed by atoms with Crippen molar-refractivity contribution in [1.82, 2.24) is 14.5 Å². The Morgan fingerprint density at radius 1 is 1.18 bits per heavy atom. The van der Waals surface area contributed by atoms with Crippen LogP contribution in [0.3, 0.4) is 0 Å². The molecule has 8 heteroatoms. The van der Waals surface area contributed by atoms with Gasteiger partial charge < -0.3 is 5.32 Å². The van der Waals surface area contributed by atoms with Gasteiger partial charge in [-0.1, -0.05) is 0 Å². The highest BCUT2D eigenvalue weighted by Crippen LogP contribution is 2.32. The zero-order chi connectivity index (χ0) is 20.0. The summed E-state index contributed by atoms with van der Waals surface area (Å²) >= 11 is 1.29. The van der Waals surface area contributed by atoms with Gasteiger partial charge >= 0.3 is 0 Å². The summed E-state index contributed by atoms with van der Waals surface area (Å²) in [6.45, 7) is 5.41. The van der Waals surface area contributed by atoms with Crippen molar-refractivity contribution < 1.29 is 9.18 Å². The van der Waals surface area contributed by atoms with E-state index < -0.39 is 0 Å². The average molecular weight is 396 g/mol. The van der Waals surface area contributed by atoms with Crippen molar-refractivity contribution in [3.05, 3.63) is 63.6 Å². The van der Waals surface area contributed by atoms with Gasteiger partial charge in [0.15, 0.2) is 0 Å². The quantitative estimate of drug-likeness (QED) is 0.573. The van der Waals surface area contributed by atoms with E-state index in [4.69, 9.17) is 0 Å². The lowest BCUT2D eigenvalue weighted by molar-refractivity contribution is -0.116. The van der Waals surface area contributed by atoms with Crippen LogP contribution in [0.4, 0.5) is 10.1 Å². The molecule has 1 aromatic carbocycles. The molecule has 1 amide bonds. The number of anilines is 1. The first-order valence-corrected chi connectivity index (χ1v) is 9.48. The van der Waals surface area contributed by atoms with Crippen molar-refractivity contribution in [3.63, 3.8) is 0 Å². The molecule has 0 spiro atoms. The number of nitrogens with zero attached hydrogens (tertiary/aromatic N) is 3. The molecule has 6 nitrogen and oxygen atoms in total. The van der Waals surface area contributed by atoms with Crippen molar-refractivity contribution >= 4 is 43.4 Å². The largest absolute Gasteiger partial charge is 0.325 e. The molecule has 28 heavy (non-hydrogen) atoms. The molecule has 4 aromatic rings. The maximum Gasteiger partial charge on any atom is 0.272 e. The maximum atomic E-state index is 13.0. The number of pyridine rings is 1. The highest BCUT2D eigenvalue weighted by Gasteiger charge is 2.18. The number of aryl methyl sites for hydroxylation is 3. The predicted octanol–water partition coefficient (Wildman–Crippen LogP) is 3.71. The predicted molar refractivity (Wildman–Crippen MR) is 108 cm³/mol. The number of fused-ring (bicyclic) bond motifs is 3. The Bertz CT molecular complexity index is 1290. The second-order valence-corrected chi connectivity index (χ2v) is 7.64. The molecule has 0 atom stereocenters. The third kappa shape index (κ3) is 3.16. The Hall–Kier alpha value is -3.13. The summed E-state index contributed by atoms with van der Waals surface area (Å²) in [5.74, 6) is -0.320. The number of thiophene rings is 1. The van der Waals surface area contributed by atoms with Crippen molar-refractivity contribution in [2.24, 2.45) is 0 Å². The lowest BCUT2D eigenvalue weighted by Gasteiger charge is -2.10. The summed E-state index contributed by atoms with van der Waals surface area (Å²) in [6, 6.07) is 7.41. The average Bonchev–Trinajstić information content (AvgIpc) is 2.99. The topological polar surface area (TPSA) is 76.9 Å². The van der Waals surface area contributed by atoms with E-state index in [0.29, 0.717) is 21.7 Å². The van der Waals surface area contributed by atoms with Gasteiger partial charge in [-0.25, -0.2) is 14.4 Å². The molecule has 142 valence electrons. The molecule has 0 unspecified atom stereocenters. The second-order valence-electron chi connectivity index (χ2n) is 6.65. The summed E-state index contributed by atoms with van der Waals surface area (Å²) in [5, 5.41) is 3.54. The van der Waals surface area contributed by atoms with Crippen LogP contribution in [0.15, 0.2) is 35.1 Å². The Labute approximate surface area is 163 Å². The number of carbonyl (C=O) groups excluding carboxylic acids is 1. The first-order valence-electron chi connectivity index (χ1n) is 8.67. The maximum absolute atomic E-state index is 13.0. The smallest absolute Gasteiger partial charge is 0.272 e. The molecule has 3 heterocycles. The lowest BCUT2D eigenvalue weighted by atomic mass is 10.1. The highest BCUT2D eigenvalue weighted by atomic mass is 32.1. The summed E-state index contributed by atoms with van der Waals surface area (Å²) in [7, 11) is 0. The van der Waals surface area contributed by atoms with Crippen molar-refractivity contribution in [1.29, 1.82) is 0 Å². The minimum atomic E-state index is -0.386. The summed E-state index contributed by atoms with van der Waals surface area (Å²) < 4.78 is 14.8. The van der Waals surface area contributed by atoms with E-state index in [-0.39, 0.29) is 23.8 Å². The number of nitrogens with one attached hydrogen (secondary N) is 1. The Morgan fingerprint density at radius 3 is 2.61 bits per heavy atom. The van der Waals surface area contributed by atoms with Crippen LogP contribution in [0.5, 0.6) is 0 Å². The second kappa shape index (κ2) is 6.79. The van der Waals surface area contributed by atoms with Gasteiger partial charge in [-0.3, -0.25) is 14.2 Å². The number of halogens is 1. The molecule has 1 N–H and O–H groups in total. The molecule has 0 fully saturated rings. The molecule has 3 aromatic heterocycles. The van der Waals surface area contributed by atoms with E-state index in [1.165, 1.54) is 40.2 Å². The van der Waals surface area contributed by atoms with Gasteiger partial charge in [-0.15, -0.1) is 11.3 Å². The molecular weight excluding hydrogens is 379 g/mol. The number of rotatable bonds is 3. The monoisotopic (exact) mass is 396 g/mol. The first kappa shape index (κ1) is 18.2. The van der Waals surface area contributed by atoms with E-state index in [2.05, 4.69) is 15.3 Å². The van der Waals surface area contributed by atoms with Crippen LogP contribution in [-0.4, -0.2) is 20.4 Å². The van der Waals surface area contributed by atoms with Gasteiger partial charge in [0.2, 0.25) is 5.91 Å². The van der Waals surface area contributed by atoms with Crippen LogP contribution in [0.2, 0.25) is 0 Å². The molecular formula is C20H17FN4O2S. The standard InChI is InChI=1S/C20H17FN4O2S/c1-10-8-11(2)22-19-16(10)17-18(28-19)20(27)25(12(3)23-17)9-15(26)24-14-6-4-13(21)5-7-14/h4-8H,9H2,1-3H3,(H,24,26). The van der Waals surface area contributed by atoms with Crippen LogP contribution in [-0.2, 0) is 11.3 Å². The first-order chi connectivity index (χ1) is 13.3. The van der Waals surface area contributed by atoms with Crippen molar-refractivity contribution in [3.8, 4) is 0 Å². The van der Waals surface area contributed by atoms with Gasteiger partial charge in [-0.05, 0) is 56.7 Å². The van der Waals surface area contributed by atoms with Gasteiger partial charge in [0.25, 0.3) is 5.56 Å². The number of hydrogen-bond donors (Lipinski definition) is 1. The van der Waals surface area contributed by atoms with E-state index in [1.807, 2.05) is 19.9 Å². The van der Waals surface area contributed by atoms with Crippen LogP contribution in [0.1, 0.15) is 17.1 Å². The Balaban J connectivity index is 1.74. The van der Waals surface area contributed by atoms with Gasteiger partial charge in [0, 0.05) is 16.8 Å². The van der Waals surface area contributed by atoms with Gasteiger partial charge in [-0.2, -0.15) is 0 Å². The fourth-order valence-corrected chi connectivity index (χ4v) is 4.41. The Morgan fingerprint density at radius 2 is 1.89 bits per heavy atom. The number of aromatic nitrogens is 3. The van der Waals surface area contributed by atoms with Crippen LogP contribution < -0.4 is 10.9 Å². The minimum Gasteiger partial charge on any atom is -0.325 e. The van der Waals surface area contributed by atoms with E-state index in [0.717, 1.165) is 21.5 Å². The zero-order valence-corrected chi connectivity index (χ0v) is 16.4. The van der Waals surface area contributed by atoms with Crippen molar-refractivity contribution in [2.75, 3.05) is 5.32 Å². The van der Waals surface area contributed by atoms with E-state index in [1.54, 1.807) is 6.92 Å². The molecule has 0 aliphatic heterocycles. The minimum absolute atomic E-state index is 0.176. The van der Waals surface area contributed by atoms with Crippen LogP contribution >= 0.6 is 11.3 Å². The molecule has 0 bridgehead atoms. The third-order valence-corrected chi connectivity index (χ3v) is 5.56. The molecule has 0 aliphatic rings. The van der Waals surface area contributed by atoms with Gasteiger partial charge in [0.05, 0.1) is 5.52 Å². The third-order valence-electron chi connectivity index (χ3n) is 4.50. The number of hydrogen-bond acceptors (Lipinski definition) is 5. The fourth-order valence-electron chi connectivity index (χ4n) is 3.23. The van der Waals surface area contributed by atoms with Crippen LogP contribution in [0, 0.1) is 26.6 Å². The number of carbonyl (C=O) groups is 1. The number of amides is 1. The SMILES string of the molecule is Cc1cc(C)c2c(n1)sc1c(=O)n(CC(=O)Nc3ccc(F)cc3)c(C)nc12. The molecule has 4 rings (SSSR count). The summed E-state index contributed by atoms with van der Waals surface area (Å²) in [5.41, 5.74) is 2.72. The van der Waals surface area contributed by atoms with Gasteiger partial charge in [0.1, 0.15) is 27.7 Å². The van der Waals surface area contributed by atoms with Crippen LogP contribution in [0.25, 0.3) is 20.4 Å². The highest BCUT2D eigenvalue weighted by molar-refractivity contribution is 7.25. The molecule has 0 aliphatic carbocycles. The normalized spacial score (nSPS) is 11.3. The number of benzene rings is 1.